The summed E-state index contributed by atoms with van der Waals surface area (Å²) in [6.45, 7) is 2.55. The lowest BCUT2D eigenvalue weighted by molar-refractivity contribution is -0.129. The standard InChI is InChI=1S/C23H25N3O2S/c1-16-15-23(22(24)27,11-13-28-16)18-4-3-5-20(14-18)29-19-8-6-17(7-9-19)21-10-12-25-26(21)2/h3-10,12,14,16H,11,13,15H2,1-2H3,(H2,24,27)/t16-,23-/m0/s1. The van der Waals surface area contributed by atoms with Gasteiger partial charge in [-0.3, -0.25) is 9.48 Å². The number of nitrogens with zero attached hydrogens (tertiary/aromatic N) is 2. The molecule has 29 heavy (non-hydrogen) atoms. The van der Waals surface area contributed by atoms with Gasteiger partial charge < -0.3 is 10.5 Å². The molecule has 6 heteroatoms. The van der Waals surface area contributed by atoms with Crippen LogP contribution in [0.4, 0.5) is 0 Å². The highest BCUT2D eigenvalue weighted by Gasteiger charge is 2.42. The van der Waals surface area contributed by atoms with Crippen molar-refractivity contribution in [2.24, 2.45) is 12.8 Å². The maximum absolute atomic E-state index is 12.4. The smallest absolute Gasteiger partial charge is 0.228 e. The molecule has 0 radical (unpaired) electrons. The SMILES string of the molecule is C[C@H]1C[C@](C(N)=O)(c2cccc(Sc3ccc(-c4ccnn4C)cc3)c2)CCO1. The van der Waals surface area contributed by atoms with Crippen molar-refractivity contribution in [2.75, 3.05) is 6.61 Å². The molecule has 0 saturated carbocycles. The molecule has 0 bridgehead atoms. The molecule has 150 valence electrons. The molecule has 2 heterocycles. The molecule has 0 aliphatic carbocycles. The van der Waals surface area contributed by atoms with Gasteiger partial charge in [-0.05, 0) is 61.2 Å². The van der Waals surface area contributed by atoms with E-state index in [2.05, 4.69) is 41.5 Å². The number of aromatic nitrogens is 2. The number of nitrogens with two attached hydrogens (primary N) is 1. The van der Waals surface area contributed by atoms with Gasteiger partial charge in [-0.1, -0.05) is 36.0 Å². The Bertz CT molecular complexity index is 1010. The third-order valence-corrected chi connectivity index (χ3v) is 6.63. The van der Waals surface area contributed by atoms with Crippen molar-refractivity contribution < 1.29 is 9.53 Å². The Balaban J connectivity index is 1.58. The van der Waals surface area contributed by atoms with E-state index in [1.165, 1.54) is 0 Å². The van der Waals surface area contributed by atoms with Gasteiger partial charge in [0.05, 0.1) is 17.2 Å². The van der Waals surface area contributed by atoms with Gasteiger partial charge in [0.2, 0.25) is 5.91 Å². The van der Waals surface area contributed by atoms with Crippen LogP contribution >= 0.6 is 11.8 Å². The van der Waals surface area contributed by atoms with E-state index in [1.807, 2.05) is 36.9 Å². The second kappa shape index (κ2) is 8.05. The summed E-state index contributed by atoms with van der Waals surface area (Å²) in [7, 11) is 1.94. The Hall–Kier alpha value is -2.57. The van der Waals surface area contributed by atoms with E-state index in [0.29, 0.717) is 19.4 Å². The van der Waals surface area contributed by atoms with Gasteiger partial charge in [-0.2, -0.15) is 5.10 Å². The molecule has 0 spiro atoms. The molecule has 2 N–H and O–H groups in total. The number of primary amides is 1. The maximum atomic E-state index is 12.4. The molecule has 0 unspecified atom stereocenters. The number of rotatable bonds is 5. The minimum Gasteiger partial charge on any atom is -0.378 e. The van der Waals surface area contributed by atoms with Crippen molar-refractivity contribution in [2.45, 2.75) is 41.1 Å². The number of benzene rings is 2. The third-order valence-electron chi connectivity index (χ3n) is 5.63. The zero-order valence-corrected chi connectivity index (χ0v) is 17.5. The van der Waals surface area contributed by atoms with Gasteiger partial charge in [0.25, 0.3) is 0 Å². The summed E-state index contributed by atoms with van der Waals surface area (Å²) in [6.07, 6.45) is 3.07. The molecule has 2 aromatic carbocycles. The lowest BCUT2D eigenvalue weighted by Crippen LogP contribution is -2.47. The molecule has 4 rings (SSSR count). The van der Waals surface area contributed by atoms with Gasteiger partial charge >= 0.3 is 0 Å². The molecular weight excluding hydrogens is 382 g/mol. The number of hydrogen-bond donors (Lipinski definition) is 1. The molecule has 5 nitrogen and oxygen atoms in total. The van der Waals surface area contributed by atoms with Crippen LogP contribution < -0.4 is 5.73 Å². The normalized spacial score (nSPS) is 21.8. The number of carbonyl (C=O) groups is 1. The van der Waals surface area contributed by atoms with Crippen molar-refractivity contribution in [1.82, 2.24) is 9.78 Å². The predicted octanol–water partition coefficient (Wildman–Crippen LogP) is 4.16. The van der Waals surface area contributed by atoms with Gasteiger partial charge in [-0.15, -0.1) is 0 Å². The lowest BCUT2D eigenvalue weighted by atomic mass is 9.72. The van der Waals surface area contributed by atoms with Gasteiger partial charge in [0.1, 0.15) is 0 Å². The van der Waals surface area contributed by atoms with Gasteiger partial charge in [0.15, 0.2) is 0 Å². The summed E-state index contributed by atoms with van der Waals surface area (Å²) < 4.78 is 7.53. The minimum atomic E-state index is -0.655. The molecule has 1 saturated heterocycles. The van der Waals surface area contributed by atoms with E-state index in [-0.39, 0.29) is 12.0 Å². The number of aryl methyl sites for hydroxylation is 1. The van der Waals surface area contributed by atoms with E-state index < -0.39 is 5.41 Å². The van der Waals surface area contributed by atoms with Crippen LogP contribution in [-0.4, -0.2) is 28.4 Å². The molecular formula is C23H25N3O2S. The molecule has 1 aromatic heterocycles. The van der Waals surface area contributed by atoms with E-state index in [1.54, 1.807) is 18.0 Å². The van der Waals surface area contributed by atoms with Crippen LogP contribution in [0.3, 0.4) is 0 Å². The Kier molecular flexibility index (Phi) is 5.48. The van der Waals surface area contributed by atoms with E-state index in [0.717, 1.165) is 26.6 Å². The summed E-state index contributed by atoms with van der Waals surface area (Å²) in [5.41, 5.74) is 8.41. The van der Waals surface area contributed by atoms with Crippen LogP contribution in [-0.2, 0) is 22.0 Å². The Morgan fingerprint density at radius 2 is 2.00 bits per heavy atom. The average Bonchev–Trinajstić information content (AvgIpc) is 3.14. The Morgan fingerprint density at radius 1 is 1.21 bits per heavy atom. The summed E-state index contributed by atoms with van der Waals surface area (Å²) in [5.74, 6) is -0.268. The highest BCUT2D eigenvalue weighted by molar-refractivity contribution is 7.99. The highest BCUT2D eigenvalue weighted by atomic mass is 32.2. The number of hydrogen-bond acceptors (Lipinski definition) is 4. The fourth-order valence-corrected chi connectivity index (χ4v) is 4.94. The Morgan fingerprint density at radius 3 is 2.66 bits per heavy atom. The fraction of sp³-hybridized carbons (Fsp3) is 0.304. The summed E-state index contributed by atoms with van der Waals surface area (Å²) in [6, 6.07) is 18.6. The first-order valence-electron chi connectivity index (χ1n) is 9.76. The first-order valence-corrected chi connectivity index (χ1v) is 10.6. The molecule has 2 atom stereocenters. The van der Waals surface area contributed by atoms with Crippen LogP contribution in [0.5, 0.6) is 0 Å². The zero-order valence-electron chi connectivity index (χ0n) is 16.7. The van der Waals surface area contributed by atoms with Crippen LogP contribution in [0, 0.1) is 0 Å². The van der Waals surface area contributed by atoms with Crippen LogP contribution in [0.1, 0.15) is 25.3 Å². The van der Waals surface area contributed by atoms with E-state index in [4.69, 9.17) is 10.5 Å². The minimum absolute atomic E-state index is 0.0205. The van der Waals surface area contributed by atoms with E-state index in [9.17, 15) is 4.79 Å². The number of ether oxygens (including phenoxy) is 1. The second-order valence-corrected chi connectivity index (χ2v) is 8.72. The summed E-state index contributed by atoms with van der Waals surface area (Å²) >= 11 is 1.68. The molecule has 1 fully saturated rings. The Labute approximate surface area is 175 Å². The first-order chi connectivity index (χ1) is 14.0. The summed E-state index contributed by atoms with van der Waals surface area (Å²) in [5, 5.41) is 4.23. The van der Waals surface area contributed by atoms with Crippen molar-refractivity contribution in [1.29, 1.82) is 0 Å². The van der Waals surface area contributed by atoms with Gasteiger partial charge in [-0.25, -0.2) is 0 Å². The molecule has 1 amide bonds. The van der Waals surface area contributed by atoms with Crippen LogP contribution in [0.2, 0.25) is 0 Å². The van der Waals surface area contributed by atoms with E-state index >= 15 is 0 Å². The fourth-order valence-electron chi connectivity index (χ4n) is 4.06. The first kappa shape index (κ1) is 19.7. The van der Waals surface area contributed by atoms with Crippen molar-refractivity contribution >= 4 is 17.7 Å². The number of amides is 1. The monoisotopic (exact) mass is 407 g/mol. The van der Waals surface area contributed by atoms with Crippen LogP contribution in [0.15, 0.2) is 70.6 Å². The maximum Gasteiger partial charge on any atom is 0.228 e. The molecule has 1 aliphatic rings. The highest BCUT2D eigenvalue weighted by Crippen LogP contribution is 2.39. The molecule has 1 aliphatic heterocycles. The van der Waals surface area contributed by atoms with Gasteiger partial charge in [0, 0.05) is 29.6 Å². The van der Waals surface area contributed by atoms with Crippen molar-refractivity contribution in [3.63, 3.8) is 0 Å². The second-order valence-electron chi connectivity index (χ2n) is 7.58. The molecule has 3 aromatic rings. The lowest BCUT2D eigenvalue weighted by Gasteiger charge is -2.38. The zero-order chi connectivity index (χ0) is 20.4. The quantitative estimate of drug-likeness (QED) is 0.689. The van der Waals surface area contributed by atoms with Crippen LogP contribution in [0.25, 0.3) is 11.3 Å². The average molecular weight is 408 g/mol. The predicted molar refractivity (Wildman–Crippen MR) is 115 cm³/mol. The summed E-state index contributed by atoms with van der Waals surface area (Å²) in [4.78, 5) is 14.7. The largest absolute Gasteiger partial charge is 0.378 e. The number of carbonyl (C=O) groups excluding carboxylic acids is 1. The topological polar surface area (TPSA) is 70.1 Å². The third kappa shape index (κ3) is 3.95. The van der Waals surface area contributed by atoms with Crippen molar-refractivity contribution in [3.8, 4) is 11.3 Å². The van der Waals surface area contributed by atoms with Crippen molar-refractivity contribution in [3.05, 3.63) is 66.4 Å².